The second-order valence-electron chi connectivity index (χ2n) is 6.55. The second kappa shape index (κ2) is 7.84. The maximum absolute atomic E-state index is 12.2. The average molecular weight is 347 g/mol. The lowest BCUT2D eigenvalue weighted by Gasteiger charge is -2.51. The number of nitrogens with one attached hydrogen (secondary N) is 2. The number of rotatable bonds is 5. The second-order valence-corrected chi connectivity index (χ2v) is 6.55. The molecule has 2 fully saturated rings. The molecule has 1 saturated heterocycles. The normalized spacial score (nSPS) is 19.6. The highest BCUT2D eigenvalue weighted by atomic mass is 16.5. The number of hydrogen-bond acceptors (Lipinski definition) is 5. The summed E-state index contributed by atoms with van der Waals surface area (Å²) in [6.45, 7) is 3.72. The topological polar surface area (TPSA) is 79.9 Å². The molecule has 0 unspecified atom stereocenters. The summed E-state index contributed by atoms with van der Waals surface area (Å²) in [5.41, 5.74) is 0.515. The summed E-state index contributed by atoms with van der Waals surface area (Å²) in [6.07, 6.45) is 3.25. The third-order valence-corrected chi connectivity index (χ3v) is 5.08. The van der Waals surface area contributed by atoms with Crippen molar-refractivity contribution in [2.45, 2.75) is 24.8 Å². The Kier molecular flexibility index (Phi) is 5.55. The molecule has 0 aromatic heterocycles. The number of hydrogen-bond donors (Lipinski definition) is 2. The van der Waals surface area contributed by atoms with Crippen LogP contribution in [-0.4, -0.2) is 62.2 Å². The molecule has 1 aliphatic heterocycles. The van der Waals surface area contributed by atoms with Crippen molar-refractivity contribution in [2.75, 3.05) is 45.3 Å². The zero-order valence-electron chi connectivity index (χ0n) is 14.5. The lowest BCUT2D eigenvalue weighted by atomic mass is 9.75. The van der Waals surface area contributed by atoms with Crippen LogP contribution in [0.3, 0.4) is 0 Å². The van der Waals surface area contributed by atoms with Crippen molar-refractivity contribution in [3.05, 3.63) is 24.3 Å². The Morgan fingerprint density at radius 3 is 2.64 bits per heavy atom. The molecule has 136 valence electrons. The van der Waals surface area contributed by atoms with Gasteiger partial charge in [-0.15, -0.1) is 0 Å². The van der Waals surface area contributed by atoms with E-state index in [0.717, 1.165) is 45.6 Å². The minimum absolute atomic E-state index is 0.0182. The molecule has 7 heteroatoms. The molecule has 3 rings (SSSR count). The standard InChI is InChI=1S/C18H25N3O4/c1-24-15-5-2-4-14(12-15)20-17(23)16(22)19-13-18(6-3-7-18)21-8-10-25-11-9-21/h2,4-5,12H,3,6-11,13H2,1H3,(H,19,22)(H,20,23). The van der Waals surface area contributed by atoms with E-state index in [-0.39, 0.29) is 5.54 Å². The van der Waals surface area contributed by atoms with Gasteiger partial charge < -0.3 is 20.1 Å². The van der Waals surface area contributed by atoms with Crippen LogP contribution in [-0.2, 0) is 14.3 Å². The third-order valence-electron chi connectivity index (χ3n) is 5.08. The lowest BCUT2D eigenvalue weighted by molar-refractivity contribution is -0.137. The molecule has 0 radical (unpaired) electrons. The molecular weight excluding hydrogens is 322 g/mol. The Bertz CT molecular complexity index is 625. The lowest BCUT2D eigenvalue weighted by Crippen LogP contribution is -2.63. The van der Waals surface area contributed by atoms with Gasteiger partial charge in [0.2, 0.25) is 0 Å². The molecule has 25 heavy (non-hydrogen) atoms. The van der Waals surface area contributed by atoms with E-state index in [0.29, 0.717) is 18.0 Å². The Morgan fingerprint density at radius 2 is 2.00 bits per heavy atom. The van der Waals surface area contributed by atoms with E-state index in [4.69, 9.17) is 9.47 Å². The van der Waals surface area contributed by atoms with Crippen LogP contribution in [0.5, 0.6) is 5.75 Å². The smallest absolute Gasteiger partial charge is 0.313 e. The van der Waals surface area contributed by atoms with Crippen LogP contribution < -0.4 is 15.4 Å². The molecule has 1 aliphatic carbocycles. The summed E-state index contributed by atoms with van der Waals surface area (Å²) < 4.78 is 10.5. The Labute approximate surface area is 147 Å². The number of methoxy groups -OCH3 is 1. The van der Waals surface area contributed by atoms with Crippen molar-refractivity contribution in [2.24, 2.45) is 0 Å². The van der Waals surface area contributed by atoms with Crippen LogP contribution in [0.2, 0.25) is 0 Å². The summed E-state index contributed by atoms with van der Waals surface area (Å²) in [5, 5.41) is 5.41. The van der Waals surface area contributed by atoms with E-state index in [9.17, 15) is 9.59 Å². The van der Waals surface area contributed by atoms with Crippen molar-refractivity contribution in [3.8, 4) is 5.75 Å². The Hall–Kier alpha value is -2.12. The van der Waals surface area contributed by atoms with Crippen molar-refractivity contribution in [1.29, 1.82) is 0 Å². The highest BCUT2D eigenvalue weighted by Gasteiger charge is 2.43. The minimum Gasteiger partial charge on any atom is -0.497 e. The molecule has 2 aliphatic rings. The molecule has 1 saturated carbocycles. The molecule has 0 spiro atoms. The molecule has 0 bridgehead atoms. The average Bonchev–Trinajstić information content (AvgIpc) is 2.61. The van der Waals surface area contributed by atoms with Crippen LogP contribution in [0, 0.1) is 0 Å². The van der Waals surface area contributed by atoms with Gasteiger partial charge in [-0.2, -0.15) is 0 Å². The predicted octanol–water partition coefficient (Wildman–Crippen LogP) is 1.00. The van der Waals surface area contributed by atoms with Crippen molar-refractivity contribution >= 4 is 17.5 Å². The fraction of sp³-hybridized carbons (Fsp3) is 0.556. The van der Waals surface area contributed by atoms with Gasteiger partial charge in [0, 0.05) is 36.9 Å². The first-order valence-electron chi connectivity index (χ1n) is 8.69. The van der Waals surface area contributed by atoms with Gasteiger partial charge in [-0.1, -0.05) is 6.07 Å². The van der Waals surface area contributed by atoms with Crippen LogP contribution in [0.25, 0.3) is 0 Å². The van der Waals surface area contributed by atoms with Gasteiger partial charge in [-0.25, -0.2) is 0 Å². The minimum atomic E-state index is -0.662. The van der Waals surface area contributed by atoms with Crippen molar-refractivity contribution in [1.82, 2.24) is 10.2 Å². The molecule has 1 heterocycles. The molecule has 0 atom stereocenters. The largest absolute Gasteiger partial charge is 0.497 e. The van der Waals surface area contributed by atoms with Gasteiger partial charge in [0.15, 0.2) is 0 Å². The van der Waals surface area contributed by atoms with E-state index < -0.39 is 11.8 Å². The molecule has 7 nitrogen and oxygen atoms in total. The highest BCUT2D eigenvalue weighted by Crippen LogP contribution is 2.37. The van der Waals surface area contributed by atoms with Gasteiger partial charge in [-0.05, 0) is 31.4 Å². The van der Waals surface area contributed by atoms with Gasteiger partial charge in [-0.3, -0.25) is 14.5 Å². The van der Waals surface area contributed by atoms with Gasteiger partial charge in [0.1, 0.15) is 5.75 Å². The first-order valence-corrected chi connectivity index (χ1v) is 8.69. The maximum Gasteiger partial charge on any atom is 0.313 e. The molecule has 1 aromatic carbocycles. The number of carbonyl (C=O) groups excluding carboxylic acids is 2. The number of amides is 2. The molecule has 1 aromatic rings. The summed E-state index contributed by atoms with van der Waals surface area (Å²) in [5.74, 6) is -0.647. The number of carbonyl (C=O) groups is 2. The monoisotopic (exact) mass is 347 g/mol. The third kappa shape index (κ3) is 4.11. The first-order chi connectivity index (χ1) is 12.1. The summed E-state index contributed by atoms with van der Waals surface area (Å²) in [6, 6.07) is 6.92. The summed E-state index contributed by atoms with van der Waals surface area (Å²) in [7, 11) is 1.55. The van der Waals surface area contributed by atoms with E-state index in [1.807, 2.05) is 0 Å². The van der Waals surface area contributed by atoms with E-state index in [1.165, 1.54) is 0 Å². The zero-order chi connectivity index (χ0) is 17.7. The van der Waals surface area contributed by atoms with Crippen LogP contribution >= 0.6 is 0 Å². The molecule has 2 N–H and O–H groups in total. The van der Waals surface area contributed by atoms with Crippen LogP contribution in [0.4, 0.5) is 5.69 Å². The summed E-state index contributed by atoms with van der Waals surface area (Å²) in [4.78, 5) is 26.7. The number of morpholine rings is 1. The summed E-state index contributed by atoms with van der Waals surface area (Å²) >= 11 is 0. The first kappa shape index (κ1) is 17.7. The number of nitrogens with zero attached hydrogens (tertiary/aromatic N) is 1. The van der Waals surface area contributed by atoms with E-state index in [2.05, 4.69) is 15.5 Å². The SMILES string of the molecule is COc1cccc(NC(=O)C(=O)NCC2(N3CCOCC3)CCC2)c1. The van der Waals surface area contributed by atoms with Crippen molar-refractivity contribution in [3.63, 3.8) is 0 Å². The van der Waals surface area contributed by atoms with Crippen LogP contribution in [0.1, 0.15) is 19.3 Å². The molecule has 2 amide bonds. The van der Waals surface area contributed by atoms with Gasteiger partial charge in [0.25, 0.3) is 0 Å². The van der Waals surface area contributed by atoms with Crippen LogP contribution in [0.15, 0.2) is 24.3 Å². The maximum atomic E-state index is 12.2. The van der Waals surface area contributed by atoms with Crippen molar-refractivity contribution < 1.29 is 19.1 Å². The fourth-order valence-corrected chi connectivity index (χ4v) is 3.44. The highest BCUT2D eigenvalue weighted by molar-refractivity contribution is 6.39. The van der Waals surface area contributed by atoms with E-state index in [1.54, 1.807) is 31.4 Å². The Balaban J connectivity index is 1.53. The zero-order valence-corrected chi connectivity index (χ0v) is 14.5. The van der Waals surface area contributed by atoms with Gasteiger partial charge in [0.05, 0.1) is 20.3 Å². The quantitative estimate of drug-likeness (QED) is 0.777. The number of benzene rings is 1. The van der Waals surface area contributed by atoms with E-state index >= 15 is 0 Å². The predicted molar refractivity (Wildman–Crippen MR) is 93.6 cm³/mol. The fourth-order valence-electron chi connectivity index (χ4n) is 3.44. The van der Waals surface area contributed by atoms with Gasteiger partial charge >= 0.3 is 11.8 Å². The number of ether oxygens (including phenoxy) is 2. The Morgan fingerprint density at radius 1 is 1.24 bits per heavy atom. The number of anilines is 1. The molecular formula is C18H25N3O4.